The van der Waals surface area contributed by atoms with Gasteiger partial charge in [0.2, 0.25) is 0 Å². The molecule has 0 aromatic carbocycles. The highest BCUT2D eigenvalue weighted by Gasteiger charge is 2.58. The molecule has 4 aliphatic rings. The number of nitrogens with zero attached hydrogens (tertiary/aromatic N) is 2. The first-order valence-electron chi connectivity index (χ1n) is 8.59. The van der Waals surface area contributed by atoms with Crippen LogP contribution in [0, 0.1) is 22.7 Å². The molecule has 0 radical (unpaired) electrons. The standard InChI is InChI=1S/C18H26N2O/c1-3-4-20-11-15(10-19-20)16(21)18-8-13-5-14(9-18)7-17(2,6-13)12-18/h10-11,13-14H,3-9,12H2,1-2H3. The normalized spacial score (nSPS) is 40.7. The van der Waals surface area contributed by atoms with E-state index in [-0.39, 0.29) is 5.41 Å². The zero-order chi connectivity index (χ0) is 14.7. The minimum atomic E-state index is -0.0566. The molecule has 21 heavy (non-hydrogen) atoms. The van der Waals surface area contributed by atoms with Gasteiger partial charge in [0.15, 0.2) is 5.78 Å². The minimum Gasteiger partial charge on any atom is -0.293 e. The van der Waals surface area contributed by atoms with Crippen molar-refractivity contribution < 1.29 is 4.79 Å². The van der Waals surface area contributed by atoms with E-state index in [1.807, 2.05) is 10.9 Å². The van der Waals surface area contributed by atoms with E-state index in [1.165, 1.54) is 19.3 Å². The molecule has 0 amide bonds. The van der Waals surface area contributed by atoms with E-state index < -0.39 is 0 Å². The lowest BCUT2D eigenvalue weighted by atomic mass is 9.43. The Hall–Kier alpha value is -1.12. The van der Waals surface area contributed by atoms with Crippen LogP contribution in [0.1, 0.15) is 69.2 Å². The van der Waals surface area contributed by atoms with Crippen LogP contribution in [0.5, 0.6) is 0 Å². The van der Waals surface area contributed by atoms with Crippen LogP contribution in [-0.2, 0) is 6.54 Å². The predicted molar refractivity (Wildman–Crippen MR) is 82.1 cm³/mol. The zero-order valence-electron chi connectivity index (χ0n) is 13.3. The number of carbonyl (C=O) groups excluding carboxylic acids is 1. The van der Waals surface area contributed by atoms with Crippen molar-refractivity contribution in [3.63, 3.8) is 0 Å². The molecule has 114 valence electrons. The zero-order valence-corrected chi connectivity index (χ0v) is 13.3. The van der Waals surface area contributed by atoms with Crippen LogP contribution in [-0.4, -0.2) is 15.6 Å². The molecule has 4 fully saturated rings. The fourth-order valence-electron chi connectivity index (χ4n) is 6.12. The first-order valence-corrected chi connectivity index (χ1v) is 8.59. The van der Waals surface area contributed by atoms with Crippen LogP contribution in [0.4, 0.5) is 0 Å². The lowest BCUT2D eigenvalue weighted by Crippen LogP contribution is -2.53. The van der Waals surface area contributed by atoms with E-state index in [0.717, 1.165) is 49.6 Å². The molecule has 5 rings (SSSR count). The van der Waals surface area contributed by atoms with Gasteiger partial charge in [0.1, 0.15) is 0 Å². The summed E-state index contributed by atoms with van der Waals surface area (Å²) in [5, 5.41) is 4.37. The molecule has 0 spiro atoms. The summed E-state index contributed by atoms with van der Waals surface area (Å²) >= 11 is 0. The third-order valence-electron chi connectivity index (χ3n) is 6.18. The molecule has 2 unspecified atom stereocenters. The number of carbonyl (C=O) groups is 1. The van der Waals surface area contributed by atoms with Gasteiger partial charge in [-0.2, -0.15) is 5.10 Å². The van der Waals surface area contributed by atoms with Gasteiger partial charge < -0.3 is 0 Å². The Morgan fingerprint density at radius 1 is 1.33 bits per heavy atom. The SMILES string of the molecule is CCCn1cc(C(=O)C23CC4CC(CC(C)(C4)C2)C3)cn1. The summed E-state index contributed by atoms with van der Waals surface area (Å²) in [6.45, 7) is 5.47. The fraction of sp³-hybridized carbons (Fsp3) is 0.778. The van der Waals surface area contributed by atoms with Gasteiger partial charge in [-0.3, -0.25) is 9.48 Å². The Kier molecular flexibility index (Phi) is 2.86. The van der Waals surface area contributed by atoms with Crippen LogP contribution in [0.25, 0.3) is 0 Å². The molecule has 1 aromatic heterocycles. The molecule has 0 N–H and O–H groups in total. The Morgan fingerprint density at radius 2 is 2.05 bits per heavy atom. The lowest BCUT2D eigenvalue weighted by Gasteiger charge is -2.60. The van der Waals surface area contributed by atoms with Crippen molar-refractivity contribution in [3.8, 4) is 0 Å². The highest BCUT2D eigenvalue weighted by atomic mass is 16.1. The maximum atomic E-state index is 13.2. The van der Waals surface area contributed by atoms with Gasteiger partial charge in [0.25, 0.3) is 0 Å². The van der Waals surface area contributed by atoms with E-state index in [4.69, 9.17) is 0 Å². The molecule has 0 aliphatic heterocycles. The summed E-state index contributed by atoms with van der Waals surface area (Å²) in [6.07, 6.45) is 12.3. The molecular formula is C18H26N2O. The fourth-order valence-corrected chi connectivity index (χ4v) is 6.12. The Balaban J connectivity index is 1.64. The van der Waals surface area contributed by atoms with Gasteiger partial charge >= 0.3 is 0 Å². The Labute approximate surface area is 127 Å². The van der Waals surface area contributed by atoms with Gasteiger partial charge in [-0.1, -0.05) is 13.8 Å². The smallest absolute Gasteiger partial charge is 0.172 e. The molecule has 0 saturated heterocycles. The van der Waals surface area contributed by atoms with Crippen molar-refractivity contribution in [1.29, 1.82) is 0 Å². The molecule has 1 heterocycles. The van der Waals surface area contributed by atoms with Crippen LogP contribution in [0.15, 0.2) is 12.4 Å². The monoisotopic (exact) mass is 286 g/mol. The quantitative estimate of drug-likeness (QED) is 0.782. The van der Waals surface area contributed by atoms with Crippen LogP contribution < -0.4 is 0 Å². The summed E-state index contributed by atoms with van der Waals surface area (Å²) in [7, 11) is 0. The second-order valence-electron chi connectivity index (χ2n) is 8.37. The first kappa shape index (κ1) is 13.5. The number of aromatic nitrogens is 2. The van der Waals surface area contributed by atoms with Gasteiger partial charge in [-0.25, -0.2) is 0 Å². The number of rotatable bonds is 4. The first-order chi connectivity index (χ1) is 10.0. The number of aryl methyl sites for hydroxylation is 1. The maximum absolute atomic E-state index is 13.2. The van der Waals surface area contributed by atoms with Crippen molar-refractivity contribution >= 4 is 5.78 Å². The van der Waals surface area contributed by atoms with Crippen molar-refractivity contribution in [2.24, 2.45) is 22.7 Å². The number of hydrogen-bond donors (Lipinski definition) is 0. The van der Waals surface area contributed by atoms with Gasteiger partial charge in [0, 0.05) is 18.2 Å². The average molecular weight is 286 g/mol. The largest absolute Gasteiger partial charge is 0.293 e. The number of hydrogen-bond acceptors (Lipinski definition) is 2. The Bertz CT molecular complexity index is 560. The van der Waals surface area contributed by atoms with Crippen molar-refractivity contribution in [2.45, 2.75) is 65.3 Å². The average Bonchev–Trinajstić information content (AvgIpc) is 2.84. The second kappa shape index (κ2) is 4.44. The van der Waals surface area contributed by atoms with Crippen LogP contribution in [0.3, 0.4) is 0 Å². The molecular weight excluding hydrogens is 260 g/mol. The van der Waals surface area contributed by atoms with E-state index >= 15 is 0 Å². The summed E-state index contributed by atoms with van der Waals surface area (Å²) in [5.74, 6) is 1.99. The molecule has 1 aromatic rings. The topological polar surface area (TPSA) is 34.9 Å². The molecule has 2 atom stereocenters. The third-order valence-corrected chi connectivity index (χ3v) is 6.18. The minimum absolute atomic E-state index is 0.0566. The summed E-state index contributed by atoms with van der Waals surface area (Å²) in [4.78, 5) is 13.2. The second-order valence-corrected chi connectivity index (χ2v) is 8.37. The van der Waals surface area contributed by atoms with Gasteiger partial charge in [-0.15, -0.1) is 0 Å². The summed E-state index contributed by atoms with van der Waals surface area (Å²) in [5.41, 5.74) is 1.23. The van der Waals surface area contributed by atoms with Crippen molar-refractivity contribution in [2.75, 3.05) is 0 Å². The van der Waals surface area contributed by atoms with Crippen molar-refractivity contribution in [1.82, 2.24) is 9.78 Å². The van der Waals surface area contributed by atoms with E-state index in [2.05, 4.69) is 18.9 Å². The van der Waals surface area contributed by atoms with Gasteiger partial charge in [0.05, 0.1) is 11.8 Å². The molecule has 4 saturated carbocycles. The van der Waals surface area contributed by atoms with Crippen molar-refractivity contribution in [3.05, 3.63) is 18.0 Å². The molecule has 4 aliphatic carbocycles. The van der Waals surface area contributed by atoms with Crippen LogP contribution >= 0.6 is 0 Å². The number of ketones is 1. The molecule has 3 heteroatoms. The molecule has 4 bridgehead atoms. The van der Waals surface area contributed by atoms with E-state index in [0.29, 0.717) is 11.2 Å². The van der Waals surface area contributed by atoms with Gasteiger partial charge in [-0.05, 0) is 62.2 Å². The highest BCUT2D eigenvalue weighted by Crippen LogP contribution is 2.65. The number of Topliss-reactive ketones (excluding diaryl/α,β-unsaturated/α-hetero) is 1. The Morgan fingerprint density at radius 3 is 2.67 bits per heavy atom. The molecule has 3 nitrogen and oxygen atoms in total. The predicted octanol–water partition coefficient (Wildman–Crippen LogP) is 4.08. The summed E-state index contributed by atoms with van der Waals surface area (Å²) in [6, 6.07) is 0. The third kappa shape index (κ3) is 2.08. The van der Waals surface area contributed by atoms with E-state index in [9.17, 15) is 4.79 Å². The summed E-state index contributed by atoms with van der Waals surface area (Å²) < 4.78 is 1.93. The lowest BCUT2D eigenvalue weighted by molar-refractivity contribution is -0.0820. The van der Waals surface area contributed by atoms with E-state index in [1.54, 1.807) is 6.20 Å². The highest BCUT2D eigenvalue weighted by molar-refractivity contribution is 6.00. The van der Waals surface area contributed by atoms with Crippen LogP contribution in [0.2, 0.25) is 0 Å². The maximum Gasteiger partial charge on any atom is 0.172 e.